The topological polar surface area (TPSA) is 72.8 Å². The summed E-state index contributed by atoms with van der Waals surface area (Å²) < 4.78 is 13.0. The van der Waals surface area contributed by atoms with Gasteiger partial charge in [-0.2, -0.15) is 0 Å². The minimum atomic E-state index is -0.412. The number of hydrogen-bond acceptors (Lipinski definition) is 5. The van der Waals surface area contributed by atoms with Crippen LogP contribution in [0.4, 0.5) is 10.5 Å². The van der Waals surface area contributed by atoms with E-state index in [9.17, 15) is 9.59 Å². The Hall–Kier alpha value is -4.04. The van der Waals surface area contributed by atoms with Crippen molar-refractivity contribution in [2.45, 2.75) is 45.2 Å². The number of aromatic nitrogens is 1. The van der Waals surface area contributed by atoms with Gasteiger partial charge in [0.15, 0.2) is 0 Å². The number of esters is 1. The third-order valence-corrected chi connectivity index (χ3v) is 8.81. The Morgan fingerprint density at radius 1 is 1.03 bits per heavy atom. The summed E-state index contributed by atoms with van der Waals surface area (Å²) in [5.41, 5.74) is 5.56. The summed E-state index contributed by atoms with van der Waals surface area (Å²) >= 11 is 1.86. The highest BCUT2D eigenvalue weighted by molar-refractivity contribution is 7.15. The number of anilines is 1. The Bertz CT molecular complexity index is 1540. The van der Waals surface area contributed by atoms with Crippen LogP contribution < -0.4 is 10.1 Å². The summed E-state index contributed by atoms with van der Waals surface area (Å²) in [5.74, 6) is 0.328. The van der Waals surface area contributed by atoms with Crippen molar-refractivity contribution in [3.8, 4) is 10.8 Å². The Morgan fingerprint density at radius 3 is 2.72 bits per heavy atom. The van der Waals surface area contributed by atoms with E-state index in [0.717, 1.165) is 29.8 Å². The second kappa shape index (κ2) is 10.6. The Kier molecular flexibility index (Phi) is 6.87. The van der Waals surface area contributed by atoms with Gasteiger partial charge in [-0.25, -0.2) is 9.59 Å². The molecule has 0 saturated heterocycles. The molecule has 3 heterocycles. The fraction of sp³-hybridized carbons (Fsp3) is 0.290. The number of nitrogens with zero attached hydrogens (tertiary/aromatic N) is 2. The lowest BCUT2D eigenvalue weighted by atomic mass is 9.95. The molecule has 6 rings (SSSR count). The number of ether oxygens (including phenoxy) is 2. The molecule has 0 saturated carbocycles. The molecule has 39 heavy (non-hydrogen) atoms. The smallest absolute Gasteiger partial charge is 0.338 e. The molecule has 2 aliphatic rings. The number of methoxy groups -OCH3 is 1. The second-order valence-corrected chi connectivity index (χ2v) is 10.9. The van der Waals surface area contributed by atoms with Gasteiger partial charge in [-0.3, -0.25) is 0 Å². The summed E-state index contributed by atoms with van der Waals surface area (Å²) in [6.45, 7) is 2.54. The van der Waals surface area contributed by atoms with Crippen LogP contribution in [0.25, 0.3) is 5.00 Å². The minimum absolute atomic E-state index is 0.236. The van der Waals surface area contributed by atoms with E-state index in [1.807, 2.05) is 40.5 Å². The van der Waals surface area contributed by atoms with Crippen LogP contribution in [0.1, 0.15) is 63.4 Å². The van der Waals surface area contributed by atoms with Crippen molar-refractivity contribution in [3.63, 3.8) is 0 Å². The van der Waals surface area contributed by atoms with Crippen molar-refractivity contribution in [2.24, 2.45) is 0 Å². The summed E-state index contributed by atoms with van der Waals surface area (Å²) in [7, 11) is 1.65. The van der Waals surface area contributed by atoms with E-state index < -0.39 is 5.97 Å². The summed E-state index contributed by atoms with van der Waals surface area (Å²) in [4.78, 5) is 29.8. The van der Waals surface area contributed by atoms with Crippen molar-refractivity contribution in [2.75, 3.05) is 19.0 Å². The zero-order chi connectivity index (χ0) is 26.9. The molecular formula is C31H31N3O4S. The van der Waals surface area contributed by atoms with Crippen LogP contribution in [0.15, 0.2) is 66.9 Å². The maximum atomic E-state index is 14.2. The number of thiophene rings is 1. The van der Waals surface area contributed by atoms with Crippen molar-refractivity contribution in [1.82, 2.24) is 9.47 Å². The van der Waals surface area contributed by atoms with Gasteiger partial charge in [-0.15, -0.1) is 11.3 Å². The molecule has 0 bridgehead atoms. The molecule has 1 N–H and O–H groups in total. The van der Waals surface area contributed by atoms with Gasteiger partial charge < -0.3 is 24.3 Å². The predicted molar refractivity (Wildman–Crippen MR) is 152 cm³/mol. The highest BCUT2D eigenvalue weighted by atomic mass is 32.1. The summed E-state index contributed by atoms with van der Waals surface area (Å²) in [6.07, 6.45) is 6.61. The average Bonchev–Trinajstić information content (AvgIpc) is 3.55. The average molecular weight is 542 g/mol. The van der Waals surface area contributed by atoms with Crippen LogP contribution in [-0.4, -0.2) is 35.2 Å². The molecular weight excluding hydrogens is 510 g/mol. The zero-order valence-corrected chi connectivity index (χ0v) is 22.9. The van der Waals surface area contributed by atoms with E-state index in [-0.39, 0.29) is 12.1 Å². The summed E-state index contributed by atoms with van der Waals surface area (Å²) in [6, 6.07) is 18.4. The number of rotatable bonds is 5. The van der Waals surface area contributed by atoms with Crippen LogP contribution in [-0.2, 0) is 24.1 Å². The van der Waals surface area contributed by atoms with Gasteiger partial charge in [0, 0.05) is 22.3 Å². The lowest BCUT2D eigenvalue weighted by Gasteiger charge is -2.31. The number of nitrogens with one attached hydrogen (secondary N) is 1. The molecule has 8 heteroatoms. The summed E-state index contributed by atoms with van der Waals surface area (Å²) in [5, 5.41) is 4.28. The minimum Gasteiger partial charge on any atom is -0.497 e. The molecule has 2 aromatic carbocycles. The number of fused-ring (bicyclic) bond motifs is 5. The number of benzene rings is 2. The molecule has 0 radical (unpaired) electrons. The van der Waals surface area contributed by atoms with Crippen molar-refractivity contribution < 1.29 is 19.1 Å². The van der Waals surface area contributed by atoms with Crippen LogP contribution in [0.2, 0.25) is 0 Å². The quantitative estimate of drug-likeness (QED) is 0.284. The first-order valence-electron chi connectivity index (χ1n) is 13.4. The van der Waals surface area contributed by atoms with Crippen molar-refractivity contribution in [1.29, 1.82) is 0 Å². The third-order valence-electron chi connectivity index (χ3n) is 7.47. The standard InChI is InChI=1S/C31H31N3O4S/c1-3-38-30(35)21-10-6-11-22(17-21)32-31(36)34-19-25-24-13-4-5-15-27(24)39-29(25)33-16-8-14-26(33)28(34)20-9-7-12-23(18-20)37-2/h6-12,14,16-18,28H,3-5,13,15,19H2,1-2H3,(H,32,36)/t28-/m0/s1. The fourth-order valence-corrected chi connectivity index (χ4v) is 7.09. The van der Waals surface area contributed by atoms with Crippen molar-refractivity contribution in [3.05, 3.63) is 99.7 Å². The van der Waals surface area contributed by atoms with Crippen LogP contribution >= 0.6 is 11.3 Å². The molecule has 7 nitrogen and oxygen atoms in total. The lowest BCUT2D eigenvalue weighted by Crippen LogP contribution is -2.38. The van der Waals surface area contributed by atoms with E-state index in [1.165, 1.54) is 33.8 Å². The van der Waals surface area contributed by atoms with Gasteiger partial charge in [0.05, 0.1) is 37.6 Å². The number of carbonyl (C=O) groups is 2. The highest BCUT2D eigenvalue weighted by Gasteiger charge is 2.36. The van der Waals surface area contributed by atoms with Crippen LogP contribution in [0.3, 0.4) is 0 Å². The van der Waals surface area contributed by atoms with E-state index >= 15 is 0 Å². The largest absolute Gasteiger partial charge is 0.497 e. The molecule has 0 unspecified atom stereocenters. The lowest BCUT2D eigenvalue weighted by molar-refractivity contribution is 0.0526. The number of carbonyl (C=O) groups excluding carboxylic acids is 2. The van der Waals surface area contributed by atoms with Gasteiger partial charge >= 0.3 is 12.0 Å². The molecule has 2 aromatic heterocycles. The molecule has 2 amide bonds. The first-order valence-corrected chi connectivity index (χ1v) is 14.2. The predicted octanol–water partition coefficient (Wildman–Crippen LogP) is 6.74. The van der Waals surface area contributed by atoms with Gasteiger partial charge in [0.1, 0.15) is 10.8 Å². The molecule has 0 spiro atoms. The first kappa shape index (κ1) is 25.2. The zero-order valence-electron chi connectivity index (χ0n) is 22.1. The van der Waals surface area contributed by atoms with E-state index in [1.54, 1.807) is 38.3 Å². The SMILES string of the molecule is CCOC(=O)c1cccc(NC(=O)N2Cc3c(sc4c3CCCC4)-n3cccc3[C@@H]2c2cccc(OC)c2)c1. The van der Waals surface area contributed by atoms with Gasteiger partial charge in [-0.05, 0) is 86.2 Å². The molecule has 1 aliphatic carbocycles. The normalized spacial score (nSPS) is 15.9. The monoisotopic (exact) mass is 541 g/mol. The maximum Gasteiger partial charge on any atom is 0.338 e. The second-order valence-electron chi connectivity index (χ2n) is 9.84. The van der Waals surface area contributed by atoms with Crippen LogP contribution in [0.5, 0.6) is 5.75 Å². The van der Waals surface area contributed by atoms with E-state index in [2.05, 4.69) is 28.2 Å². The molecule has 0 fully saturated rings. The molecule has 1 aliphatic heterocycles. The van der Waals surface area contributed by atoms with Crippen molar-refractivity contribution >= 4 is 29.0 Å². The Morgan fingerprint density at radius 2 is 1.87 bits per heavy atom. The van der Waals surface area contributed by atoms with E-state index in [0.29, 0.717) is 24.4 Å². The molecule has 4 aromatic rings. The number of aryl methyl sites for hydroxylation is 1. The Balaban J connectivity index is 1.44. The maximum absolute atomic E-state index is 14.2. The Labute approximate surface area is 232 Å². The molecule has 200 valence electrons. The van der Waals surface area contributed by atoms with E-state index in [4.69, 9.17) is 9.47 Å². The van der Waals surface area contributed by atoms with Gasteiger partial charge in [0.25, 0.3) is 0 Å². The van der Waals surface area contributed by atoms with Gasteiger partial charge in [0.2, 0.25) is 0 Å². The third kappa shape index (κ3) is 4.69. The fourth-order valence-electron chi connectivity index (χ4n) is 5.68. The number of urea groups is 1. The number of amides is 2. The first-order chi connectivity index (χ1) is 19.1. The van der Waals surface area contributed by atoms with Gasteiger partial charge in [-0.1, -0.05) is 18.2 Å². The molecule has 1 atom stereocenters. The number of hydrogen-bond donors (Lipinski definition) is 1. The highest BCUT2D eigenvalue weighted by Crippen LogP contribution is 2.44. The van der Waals surface area contributed by atoms with Crippen LogP contribution in [0, 0.1) is 0 Å².